The molecule has 0 bridgehead atoms. The van der Waals surface area contributed by atoms with Crippen molar-refractivity contribution in [2.24, 2.45) is 23.3 Å². The van der Waals surface area contributed by atoms with E-state index < -0.39 is 12.2 Å². The molecule has 0 unspecified atom stereocenters. The van der Waals surface area contributed by atoms with Gasteiger partial charge in [0, 0.05) is 19.4 Å². The van der Waals surface area contributed by atoms with Crippen molar-refractivity contribution in [3.05, 3.63) is 0 Å². The summed E-state index contributed by atoms with van der Waals surface area (Å²) in [6.07, 6.45) is 6.62. The van der Waals surface area contributed by atoms with E-state index in [1.165, 1.54) is 4.90 Å². The highest BCUT2D eigenvalue weighted by Crippen LogP contribution is 2.33. The molecule has 0 aromatic carbocycles. The number of piperazine rings is 1. The summed E-state index contributed by atoms with van der Waals surface area (Å²) in [5.41, 5.74) is 11.3. The van der Waals surface area contributed by atoms with Crippen molar-refractivity contribution in [3.63, 3.8) is 0 Å². The Hall–Kier alpha value is -2.00. The highest BCUT2D eigenvalue weighted by Gasteiger charge is 2.52. The van der Waals surface area contributed by atoms with Crippen LogP contribution in [-0.2, 0) is 19.2 Å². The summed E-state index contributed by atoms with van der Waals surface area (Å²) in [7, 11) is 0. The molecular formula is C26H47N5O4. The van der Waals surface area contributed by atoms with E-state index in [9.17, 15) is 19.2 Å². The molecule has 0 radical (unpaired) electrons. The molecule has 4 amide bonds. The highest BCUT2D eigenvalue weighted by atomic mass is 16.2. The predicted molar refractivity (Wildman–Crippen MR) is 136 cm³/mol. The molecule has 9 heteroatoms. The van der Waals surface area contributed by atoms with Gasteiger partial charge >= 0.3 is 0 Å². The van der Waals surface area contributed by atoms with E-state index in [-0.39, 0.29) is 42.0 Å². The maximum Gasteiger partial charge on any atom is 0.252 e. The first kappa shape index (κ1) is 29.2. The van der Waals surface area contributed by atoms with Crippen LogP contribution in [0.5, 0.6) is 0 Å². The molecule has 2 aliphatic rings. The quantitative estimate of drug-likeness (QED) is 0.357. The van der Waals surface area contributed by atoms with Crippen molar-refractivity contribution in [2.75, 3.05) is 26.2 Å². The molecule has 0 aromatic heterocycles. The van der Waals surface area contributed by atoms with E-state index in [2.05, 4.69) is 20.8 Å². The third kappa shape index (κ3) is 7.74. The van der Waals surface area contributed by atoms with Crippen molar-refractivity contribution >= 4 is 23.6 Å². The molecular weight excluding hydrogens is 446 g/mol. The van der Waals surface area contributed by atoms with Crippen LogP contribution in [0, 0.1) is 11.8 Å². The number of unbranched alkanes of at least 4 members (excludes halogenated alkanes) is 4. The maximum atomic E-state index is 13.7. The van der Waals surface area contributed by atoms with Crippen LogP contribution in [0.4, 0.5) is 0 Å². The lowest BCUT2D eigenvalue weighted by atomic mass is 9.89. The van der Waals surface area contributed by atoms with E-state index in [1.54, 1.807) is 9.80 Å². The molecule has 0 aliphatic carbocycles. The Kier molecular flexibility index (Phi) is 12.1. The second kappa shape index (κ2) is 14.5. The third-order valence-electron chi connectivity index (χ3n) is 7.08. The molecule has 4 N–H and O–H groups in total. The average molecular weight is 494 g/mol. The zero-order valence-electron chi connectivity index (χ0n) is 22.0. The van der Waals surface area contributed by atoms with Crippen LogP contribution in [0.2, 0.25) is 0 Å². The smallest absolute Gasteiger partial charge is 0.252 e. The van der Waals surface area contributed by atoms with Crippen molar-refractivity contribution in [2.45, 2.75) is 104 Å². The second-order valence-electron chi connectivity index (χ2n) is 10.4. The Balaban J connectivity index is 2.38. The fourth-order valence-corrected chi connectivity index (χ4v) is 5.25. The van der Waals surface area contributed by atoms with Crippen molar-refractivity contribution in [1.82, 2.24) is 14.7 Å². The van der Waals surface area contributed by atoms with Gasteiger partial charge in [0.05, 0.1) is 12.5 Å². The van der Waals surface area contributed by atoms with E-state index in [0.717, 1.165) is 32.1 Å². The van der Waals surface area contributed by atoms with Crippen LogP contribution in [-0.4, -0.2) is 76.7 Å². The first-order chi connectivity index (χ1) is 16.8. The highest BCUT2D eigenvalue weighted by molar-refractivity contribution is 6.01. The van der Waals surface area contributed by atoms with Gasteiger partial charge in [0.2, 0.25) is 17.7 Å². The largest absolute Gasteiger partial charge is 0.330 e. The van der Waals surface area contributed by atoms with Gasteiger partial charge < -0.3 is 21.3 Å². The molecule has 200 valence electrons. The van der Waals surface area contributed by atoms with E-state index >= 15 is 0 Å². The lowest BCUT2D eigenvalue weighted by molar-refractivity contribution is -0.182. The zero-order valence-corrected chi connectivity index (χ0v) is 22.0. The Morgan fingerprint density at radius 2 is 1.51 bits per heavy atom. The second-order valence-corrected chi connectivity index (χ2v) is 10.4. The summed E-state index contributed by atoms with van der Waals surface area (Å²) < 4.78 is 0. The molecule has 0 spiro atoms. The Labute approximate surface area is 210 Å². The molecule has 2 fully saturated rings. The van der Waals surface area contributed by atoms with Gasteiger partial charge in [-0.2, -0.15) is 0 Å². The van der Waals surface area contributed by atoms with Gasteiger partial charge in [0.1, 0.15) is 12.2 Å². The van der Waals surface area contributed by atoms with Crippen LogP contribution < -0.4 is 11.5 Å². The lowest BCUT2D eigenvalue weighted by Crippen LogP contribution is -2.73. The van der Waals surface area contributed by atoms with Gasteiger partial charge in [0.15, 0.2) is 0 Å². The first-order valence-electron chi connectivity index (χ1n) is 13.6. The molecule has 2 aliphatic heterocycles. The summed E-state index contributed by atoms with van der Waals surface area (Å²) in [6.45, 7) is 7.60. The van der Waals surface area contributed by atoms with Crippen LogP contribution in [0.15, 0.2) is 0 Å². The third-order valence-corrected chi connectivity index (χ3v) is 7.08. The minimum Gasteiger partial charge on any atom is -0.330 e. The molecule has 0 saturated carbocycles. The van der Waals surface area contributed by atoms with E-state index in [0.29, 0.717) is 58.2 Å². The molecule has 3 atom stereocenters. The van der Waals surface area contributed by atoms with E-state index in [4.69, 9.17) is 11.5 Å². The minimum absolute atomic E-state index is 0.0388. The van der Waals surface area contributed by atoms with E-state index in [1.807, 2.05) is 0 Å². The van der Waals surface area contributed by atoms with Gasteiger partial charge in [-0.1, -0.05) is 33.6 Å². The molecule has 9 nitrogen and oxygen atoms in total. The van der Waals surface area contributed by atoms with Crippen molar-refractivity contribution in [1.29, 1.82) is 0 Å². The number of carbonyl (C=O) groups is 4. The monoisotopic (exact) mass is 493 g/mol. The van der Waals surface area contributed by atoms with Gasteiger partial charge in [-0.25, -0.2) is 0 Å². The first-order valence-corrected chi connectivity index (χ1v) is 13.6. The number of rotatable bonds is 14. The molecule has 2 rings (SSSR count). The summed E-state index contributed by atoms with van der Waals surface area (Å²) in [5.74, 6) is -0.695. The number of carbonyl (C=O) groups excluding carboxylic acids is 4. The van der Waals surface area contributed by atoms with Crippen LogP contribution in [0.3, 0.4) is 0 Å². The normalized spacial score (nSPS) is 22.7. The number of hydrogen-bond donors (Lipinski definition) is 2. The fourth-order valence-electron chi connectivity index (χ4n) is 5.25. The zero-order chi connectivity index (χ0) is 26.0. The average Bonchev–Trinajstić information content (AvgIpc) is 2.81. The molecule has 0 aromatic rings. The Morgan fingerprint density at radius 3 is 2.14 bits per heavy atom. The standard InChI is InChI=1S/C26H47N5O4/c1-4-5-6-12-24(33)30-18-22-29(23(32)13-8-10-15-28)17-20(16-19(2)3)25(34)31(22)21(26(30)35)11-7-9-14-27/h19-22H,4-18,27-28H2,1-3H3/t20-,21-,22-/m1/s1. The van der Waals surface area contributed by atoms with Gasteiger partial charge in [-0.05, 0) is 64.0 Å². The van der Waals surface area contributed by atoms with Gasteiger partial charge in [-0.3, -0.25) is 24.1 Å². The van der Waals surface area contributed by atoms with Gasteiger partial charge in [-0.15, -0.1) is 0 Å². The topological polar surface area (TPSA) is 130 Å². The predicted octanol–water partition coefficient (Wildman–Crippen LogP) is 2.22. The number of hydrogen-bond acceptors (Lipinski definition) is 6. The summed E-state index contributed by atoms with van der Waals surface area (Å²) in [5, 5.41) is 0. The lowest BCUT2D eigenvalue weighted by Gasteiger charge is -2.54. The maximum absolute atomic E-state index is 13.7. The summed E-state index contributed by atoms with van der Waals surface area (Å²) in [4.78, 5) is 58.4. The van der Waals surface area contributed by atoms with Crippen LogP contribution in [0.1, 0.15) is 91.4 Å². The Morgan fingerprint density at radius 1 is 0.886 bits per heavy atom. The SMILES string of the molecule is CCCCCC(=O)N1C[C@@H]2N(C(=O)CCCCN)C[C@@H](CC(C)C)C(=O)N2[C@H](CCCCN)C1=O. The number of amides is 4. The number of nitrogens with two attached hydrogens (primary N) is 2. The van der Waals surface area contributed by atoms with Crippen molar-refractivity contribution in [3.8, 4) is 0 Å². The molecule has 35 heavy (non-hydrogen) atoms. The summed E-state index contributed by atoms with van der Waals surface area (Å²) >= 11 is 0. The fraction of sp³-hybridized carbons (Fsp3) is 0.846. The van der Waals surface area contributed by atoms with Crippen molar-refractivity contribution < 1.29 is 19.2 Å². The number of fused-ring (bicyclic) bond motifs is 1. The molecule has 2 saturated heterocycles. The van der Waals surface area contributed by atoms with Crippen LogP contribution >= 0.6 is 0 Å². The molecule has 2 heterocycles. The Bertz CT molecular complexity index is 729. The number of nitrogens with zero attached hydrogens (tertiary/aromatic N) is 3. The summed E-state index contributed by atoms with van der Waals surface area (Å²) in [6, 6.07) is -0.739. The number of imide groups is 1. The van der Waals surface area contributed by atoms with Gasteiger partial charge in [0.25, 0.3) is 5.91 Å². The minimum atomic E-state index is -0.739. The van der Waals surface area contributed by atoms with Crippen LogP contribution in [0.25, 0.3) is 0 Å².